The maximum atomic E-state index is 12.9. The predicted molar refractivity (Wildman–Crippen MR) is 90.3 cm³/mol. The molecule has 6 nitrogen and oxygen atoms in total. The van der Waals surface area contributed by atoms with Gasteiger partial charge in [0, 0.05) is 26.3 Å². The molecule has 2 aromatic rings. The summed E-state index contributed by atoms with van der Waals surface area (Å²) in [4.78, 5) is 14.6. The third kappa shape index (κ3) is 2.84. The average Bonchev–Trinajstić information content (AvgIpc) is 2.82. The summed E-state index contributed by atoms with van der Waals surface area (Å²) in [5.74, 6) is -0.125. The van der Waals surface area contributed by atoms with Gasteiger partial charge in [-0.25, -0.2) is 8.42 Å². The Labute approximate surface area is 136 Å². The van der Waals surface area contributed by atoms with E-state index in [0.29, 0.717) is 36.6 Å². The highest BCUT2D eigenvalue weighted by atomic mass is 32.2. The minimum Gasteiger partial charge on any atom is -0.347 e. The highest BCUT2D eigenvalue weighted by Gasteiger charge is 2.29. The molecular formula is C16H19N3O3S. The summed E-state index contributed by atoms with van der Waals surface area (Å²) in [6, 6.07) is 10.7. The number of hydrogen-bond acceptors (Lipinski definition) is 3. The Balaban J connectivity index is 2.09. The molecule has 1 aromatic carbocycles. The number of nitrogens with zero attached hydrogens (tertiary/aromatic N) is 3. The number of carbonyl (C=O) groups is 1. The molecule has 0 radical (unpaired) electrons. The van der Waals surface area contributed by atoms with Gasteiger partial charge in [0.05, 0.1) is 17.6 Å². The zero-order valence-corrected chi connectivity index (χ0v) is 14.0. The summed E-state index contributed by atoms with van der Waals surface area (Å²) < 4.78 is 27.3. The topological polar surface area (TPSA) is 62.6 Å². The van der Waals surface area contributed by atoms with Crippen molar-refractivity contribution in [3.8, 4) is 0 Å². The first-order valence-corrected chi connectivity index (χ1v) is 9.24. The number of aryl methyl sites for hydroxylation is 1. The van der Waals surface area contributed by atoms with E-state index in [1.165, 1.54) is 10.6 Å². The molecule has 0 saturated heterocycles. The maximum absolute atomic E-state index is 12.9. The van der Waals surface area contributed by atoms with E-state index in [9.17, 15) is 13.2 Å². The van der Waals surface area contributed by atoms with Crippen LogP contribution in [0.25, 0.3) is 0 Å². The monoisotopic (exact) mass is 333 g/mol. The minimum absolute atomic E-state index is 0.125. The van der Waals surface area contributed by atoms with Crippen molar-refractivity contribution < 1.29 is 13.2 Å². The van der Waals surface area contributed by atoms with Crippen LogP contribution in [0.1, 0.15) is 16.9 Å². The van der Waals surface area contributed by atoms with Crippen LogP contribution in [0.15, 0.2) is 42.6 Å². The maximum Gasteiger partial charge on any atom is 0.274 e. The molecule has 1 amide bonds. The second-order valence-corrected chi connectivity index (χ2v) is 7.55. The van der Waals surface area contributed by atoms with Crippen LogP contribution >= 0.6 is 0 Å². The molecule has 0 fully saturated rings. The van der Waals surface area contributed by atoms with E-state index < -0.39 is 10.0 Å². The highest BCUT2D eigenvalue weighted by Crippen LogP contribution is 2.34. The fraction of sp³-hybridized carbons (Fsp3) is 0.312. The van der Waals surface area contributed by atoms with Crippen LogP contribution in [-0.4, -0.2) is 38.2 Å². The number of aromatic nitrogens is 1. The molecule has 0 aliphatic carbocycles. The van der Waals surface area contributed by atoms with Crippen molar-refractivity contribution in [2.24, 2.45) is 7.05 Å². The number of fused-ring (bicyclic) bond motifs is 1. The van der Waals surface area contributed by atoms with Gasteiger partial charge in [-0.15, -0.1) is 0 Å². The van der Waals surface area contributed by atoms with Crippen LogP contribution < -0.4 is 9.21 Å². The molecule has 0 spiro atoms. The Morgan fingerprint density at radius 1 is 1.04 bits per heavy atom. The van der Waals surface area contributed by atoms with Gasteiger partial charge < -0.3 is 9.47 Å². The summed E-state index contributed by atoms with van der Waals surface area (Å²) in [6.07, 6.45) is 3.59. The first kappa shape index (κ1) is 15.6. The molecule has 0 atom stereocenters. The van der Waals surface area contributed by atoms with Crippen molar-refractivity contribution in [3.63, 3.8) is 0 Å². The number of rotatable bonds is 2. The number of anilines is 2. The van der Waals surface area contributed by atoms with Gasteiger partial charge in [-0.2, -0.15) is 0 Å². The van der Waals surface area contributed by atoms with Gasteiger partial charge in [-0.05, 0) is 30.7 Å². The van der Waals surface area contributed by atoms with Gasteiger partial charge in [0.2, 0.25) is 10.0 Å². The van der Waals surface area contributed by atoms with Gasteiger partial charge in [0.1, 0.15) is 5.69 Å². The number of carbonyl (C=O) groups excluding carboxylic acids is 1. The lowest BCUT2D eigenvalue weighted by molar-refractivity contribution is 0.0979. The fourth-order valence-electron chi connectivity index (χ4n) is 2.89. The third-order valence-corrected chi connectivity index (χ3v) is 5.17. The van der Waals surface area contributed by atoms with Crippen molar-refractivity contribution in [1.82, 2.24) is 4.57 Å². The smallest absolute Gasteiger partial charge is 0.274 e. The molecule has 1 aliphatic rings. The fourth-order valence-corrected chi connectivity index (χ4v) is 3.87. The molecule has 2 heterocycles. The highest BCUT2D eigenvalue weighted by molar-refractivity contribution is 7.92. The van der Waals surface area contributed by atoms with E-state index in [1.807, 2.05) is 25.4 Å². The van der Waals surface area contributed by atoms with Gasteiger partial charge >= 0.3 is 0 Å². The summed E-state index contributed by atoms with van der Waals surface area (Å²) in [6.45, 7) is 0.847. The molecule has 7 heteroatoms. The van der Waals surface area contributed by atoms with Crippen LogP contribution in [0, 0.1) is 0 Å². The standard InChI is InChI=1S/C16H19N3O3S/c1-17-10-5-9-15(17)16(20)18-11-6-12-19(23(2,21)22)14-8-4-3-7-13(14)18/h3-5,7-10H,6,11-12H2,1-2H3. The lowest BCUT2D eigenvalue weighted by Gasteiger charge is -2.25. The Hall–Kier alpha value is -2.28. The number of para-hydroxylation sites is 2. The lowest BCUT2D eigenvalue weighted by Crippen LogP contribution is -2.32. The summed E-state index contributed by atoms with van der Waals surface area (Å²) in [5, 5.41) is 0. The second-order valence-electron chi connectivity index (χ2n) is 5.64. The molecule has 1 aromatic heterocycles. The number of hydrogen-bond donors (Lipinski definition) is 0. The average molecular weight is 333 g/mol. The molecule has 122 valence electrons. The van der Waals surface area contributed by atoms with Crippen molar-refractivity contribution in [1.29, 1.82) is 0 Å². The molecular weight excluding hydrogens is 314 g/mol. The van der Waals surface area contributed by atoms with E-state index in [-0.39, 0.29) is 5.91 Å². The number of benzene rings is 1. The van der Waals surface area contributed by atoms with E-state index in [4.69, 9.17) is 0 Å². The molecule has 0 bridgehead atoms. The third-order valence-electron chi connectivity index (χ3n) is 3.99. The van der Waals surface area contributed by atoms with Crippen LogP contribution in [0.3, 0.4) is 0 Å². The summed E-state index contributed by atoms with van der Waals surface area (Å²) in [7, 11) is -1.56. The first-order valence-electron chi connectivity index (χ1n) is 7.39. The normalized spacial score (nSPS) is 15.2. The second kappa shape index (κ2) is 5.73. The van der Waals surface area contributed by atoms with Crippen LogP contribution in [0.2, 0.25) is 0 Å². The van der Waals surface area contributed by atoms with E-state index in [2.05, 4.69) is 0 Å². The summed E-state index contributed by atoms with van der Waals surface area (Å²) in [5.41, 5.74) is 1.75. The number of sulfonamides is 1. The molecule has 0 N–H and O–H groups in total. The van der Waals surface area contributed by atoms with Crippen molar-refractivity contribution >= 4 is 27.3 Å². The van der Waals surface area contributed by atoms with E-state index in [1.54, 1.807) is 33.7 Å². The Morgan fingerprint density at radius 3 is 2.35 bits per heavy atom. The van der Waals surface area contributed by atoms with Crippen LogP contribution in [0.5, 0.6) is 0 Å². The first-order chi connectivity index (χ1) is 10.9. The Morgan fingerprint density at radius 2 is 1.74 bits per heavy atom. The van der Waals surface area contributed by atoms with Crippen molar-refractivity contribution in [2.75, 3.05) is 28.6 Å². The van der Waals surface area contributed by atoms with Crippen molar-refractivity contribution in [3.05, 3.63) is 48.3 Å². The Bertz CT molecular complexity index is 842. The number of amides is 1. The largest absolute Gasteiger partial charge is 0.347 e. The lowest BCUT2D eigenvalue weighted by atomic mass is 10.2. The van der Waals surface area contributed by atoms with E-state index in [0.717, 1.165) is 0 Å². The molecule has 0 unspecified atom stereocenters. The predicted octanol–water partition coefficient (Wildman–Crippen LogP) is 1.84. The molecule has 0 saturated carbocycles. The minimum atomic E-state index is -3.38. The molecule has 23 heavy (non-hydrogen) atoms. The van der Waals surface area contributed by atoms with Gasteiger partial charge in [0.25, 0.3) is 5.91 Å². The van der Waals surface area contributed by atoms with E-state index >= 15 is 0 Å². The molecule has 3 rings (SSSR count). The van der Waals surface area contributed by atoms with Gasteiger partial charge in [-0.3, -0.25) is 9.10 Å². The zero-order valence-electron chi connectivity index (χ0n) is 13.1. The Kier molecular flexibility index (Phi) is 3.89. The molecule has 1 aliphatic heterocycles. The van der Waals surface area contributed by atoms with Gasteiger partial charge in [0.15, 0.2) is 0 Å². The van der Waals surface area contributed by atoms with Gasteiger partial charge in [-0.1, -0.05) is 12.1 Å². The van der Waals surface area contributed by atoms with Crippen LogP contribution in [0.4, 0.5) is 11.4 Å². The van der Waals surface area contributed by atoms with Crippen molar-refractivity contribution in [2.45, 2.75) is 6.42 Å². The zero-order chi connectivity index (χ0) is 16.6. The van der Waals surface area contributed by atoms with Crippen LogP contribution in [-0.2, 0) is 17.1 Å². The quantitative estimate of drug-likeness (QED) is 0.842. The SMILES string of the molecule is Cn1cccc1C(=O)N1CCCN(S(C)(=O)=O)c2ccccc21. The summed E-state index contributed by atoms with van der Waals surface area (Å²) >= 11 is 0.